The van der Waals surface area contributed by atoms with Crippen molar-refractivity contribution in [2.45, 2.75) is 6.42 Å². The fraction of sp³-hybridized carbons (Fsp3) is 0.0769. The first-order valence-electron chi connectivity index (χ1n) is 5.60. The molecule has 4 nitrogen and oxygen atoms in total. The number of anilines is 2. The smallest absolute Gasteiger partial charge is 0.230 e. The summed E-state index contributed by atoms with van der Waals surface area (Å²) in [6.45, 7) is 0. The van der Waals surface area contributed by atoms with Crippen molar-refractivity contribution in [1.82, 2.24) is 4.98 Å². The van der Waals surface area contributed by atoms with Crippen molar-refractivity contribution in [3.05, 3.63) is 52.3 Å². The van der Waals surface area contributed by atoms with Crippen LogP contribution in [0.5, 0.6) is 0 Å². The molecule has 1 heterocycles. The summed E-state index contributed by atoms with van der Waals surface area (Å²) in [6.07, 6.45) is 1.30. The molecule has 1 aromatic carbocycles. The largest absolute Gasteiger partial charge is 0.397 e. The lowest BCUT2D eigenvalue weighted by Crippen LogP contribution is -2.17. The Morgan fingerprint density at radius 1 is 1.30 bits per heavy atom. The molecule has 20 heavy (non-hydrogen) atoms. The fourth-order valence-corrected chi connectivity index (χ4v) is 1.95. The maximum Gasteiger partial charge on any atom is 0.230 e. The van der Waals surface area contributed by atoms with Crippen molar-refractivity contribution in [3.8, 4) is 0 Å². The van der Waals surface area contributed by atoms with Gasteiger partial charge in [-0.3, -0.25) is 9.78 Å². The van der Waals surface area contributed by atoms with Crippen LogP contribution in [0.2, 0.25) is 0 Å². The monoisotopic (exact) mass is 341 g/mol. The summed E-state index contributed by atoms with van der Waals surface area (Å²) in [4.78, 5) is 15.7. The van der Waals surface area contributed by atoms with Crippen LogP contribution in [0.25, 0.3) is 0 Å². The molecule has 1 amide bonds. The summed E-state index contributed by atoms with van der Waals surface area (Å²) >= 11 is 2.96. The highest BCUT2D eigenvalue weighted by atomic mass is 79.9. The number of rotatable bonds is 3. The molecule has 0 aliphatic heterocycles. The lowest BCUT2D eigenvalue weighted by atomic mass is 10.2. The number of carbonyl (C=O) groups excluding carboxylic acids is 1. The number of nitrogens with one attached hydrogen (secondary N) is 1. The molecular formula is C13H10BrF2N3O. The summed E-state index contributed by atoms with van der Waals surface area (Å²) in [6, 6.07) is 5.31. The lowest BCUT2D eigenvalue weighted by molar-refractivity contribution is -0.115. The molecule has 7 heteroatoms. The molecule has 2 rings (SSSR count). The third kappa shape index (κ3) is 3.51. The van der Waals surface area contributed by atoms with Crippen LogP contribution >= 0.6 is 15.9 Å². The van der Waals surface area contributed by atoms with Gasteiger partial charge in [0.1, 0.15) is 5.69 Å². The molecule has 0 aliphatic carbocycles. The van der Waals surface area contributed by atoms with E-state index in [1.54, 1.807) is 12.1 Å². The van der Waals surface area contributed by atoms with Crippen LogP contribution in [-0.2, 0) is 11.2 Å². The number of pyridine rings is 1. The Hall–Kier alpha value is -2.02. The van der Waals surface area contributed by atoms with E-state index in [-0.39, 0.29) is 10.9 Å². The summed E-state index contributed by atoms with van der Waals surface area (Å²) in [5, 5.41) is 2.19. The van der Waals surface area contributed by atoms with Crippen LogP contribution in [-0.4, -0.2) is 10.9 Å². The minimum Gasteiger partial charge on any atom is -0.397 e. The Bertz CT molecular complexity index is 624. The van der Waals surface area contributed by atoms with Gasteiger partial charge in [0.25, 0.3) is 0 Å². The first-order chi connectivity index (χ1) is 9.45. The van der Waals surface area contributed by atoms with Crippen LogP contribution in [0, 0.1) is 11.6 Å². The third-order valence-corrected chi connectivity index (χ3v) is 2.92. The number of carbonyl (C=O) groups is 1. The number of nitrogen functional groups attached to an aromatic ring is 1. The van der Waals surface area contributed by atoms with E-state index < -0.39 is 23.2 Å². The highest BCUT2D eigenvalue weighted by Crippen LogP contribution is 2.23. The van der Waals surface area contributed by atoms with E-state index in [1.807, 2.05) is 0 Å². The molecule has 0 aliphatic rings. The van der Waals surface area contributed by atoms with Crippen molar-refractivity contribution < 1.29 is 13.6 Å². The van der Waals surface area contributed by atoms with E-state index in [4.69, 9.17) is 5.73 Å². The number of halogens is 3. The summed E-state index contributed by atoms with van der Waals surface area (Å²) in [5.74, 6) is -2.27. The van der Waals surface area contributed by atoms with Gasteiger partial charge >= 0.3 is 0 Å². The standard InChI is InChI=1S/C13H10BrF2N3O/c14-7-3-10(15)13(11(16)4-7)19-12(20)5-9-2-1-8(17)6-18-9/h1-4,6H,5,17H2,(H,19,20). The van der Waals surface area contributed by atoms with Gasteiger partial charge in [0.15, 0.2) is 11.6 Å². The van der Waals surface area contributed by atoms with Crippen molar-refractivity contribution in [2.75, 3.05) is 11.1 Å². The van der Waals surface area contributed by atoms with Gasteiger partial charge in [-0.25, -0.2) is 8.78 Å². The number of aromatic nitrogens is 1. The molecule has 0 radical (unpaired) electrons. The second kappa shape index (κ2) is 5.96. The van der Waals surface area contributed by atoms with Gasteiger partial charge in [-0.15, -0.1) is 0 Å². The number of nitrogens with two attached hydrogens (primary N) is 1. The normalized spacial score (nSPS) is 10.3. The lowest BCUT2D eigenvalue weighted by Gasteiger charge is -2.08. The Morgan fingerprint density at radius 2 is 1.95 bits per heavy atom. The van der Waals surface area contributed by atoms with E-state index in [9.17, 15) is 13.6 Å². The molecule has 0 bridgehead atoms. The second-order valence-corrected chi connectivity index (χ2v) is 4.97. The van der Waals surface area contributed by atoms with Gasteiger partial charge in [0.05, 0.1) is 18.3 Å². The van der Waals surface area contributed by atoms with Crippen molar-refractivity contribution in [2.24, 2.45) is 0 Å². The minimum absolute atomic E-state index is 0.102. The number of hydrogen-bond acceptors (Lipinski definition) is 3. The average molecular weight is 342 g/mol. The Balaban J connectivity index is 2.10. The van der Waals surface area contributed by atoms with Crippen LogP contribution in [0.3, 0.4) is 0 Å². The van der Waals surface area contributed by atoms with Gasteiger partial charge in [0, 0.05) is 10.2 Å². The predicted molar refractivity (Wildman–Crippen MR) is 75.0 cm³/mol. The first kappa shape index (κ1) is 14.4. The van der Waals surface area contributed by atoms with Gasteiger partial charge in [-0.1, -0.05) is 15.9 Å². The quantitative estimate of drug-likeness (QED) is 0.901. The predicted octanol–water partition coefficient (Wildman–Crippen LogP) is 2.89. The van der Waals surface area contributed by atoms with Crippen LogP contribution < -0.4 is 11.1 Å². The van der Waals surface area contributed by atoms with Gasteiger partial charge in [-0.2, -0.15) is 0 Å². The SMILES string of the molecule is Nc1ccc(CC(=O)Nc2c(F)cc(Br)cc2F)nc1. The zero-order valence-electron chi connectivity index (χ0n) is 10.2. The zero-order valence-corrected chi connectivity index (χ0v) is 11.7. The molecule has 1 aromatic heterocycles. The number of amides is 1. The Labute approximate surface area is 122 Å². The topological polar surface area (TPSA) is 68.0 Å². The maximum absolute atomic E-state index is 13.5. The van der Waals surface area contributed by atoms with Crippen molar-refractivity contribution >= 4 is 33.2 Å². The van der Waals surface area contributed by atoms with Crippen molar-refractivity contribution in [3.63, 3.8) is 0 Å². The molecule has 3 N–H and O–H groups in total. The molecular weight excluding hydrogens is 332 g/mol. The summed E-state index contributed by atoms with van der Waals surface area (Å²) in [5.41, 5.74) is 5.91. The first-order valence-corrected chi connectivity index (χ1v) is 6.40. The molecule has 0 atom stereocenters. The second-order valence-electron chi connectivity index (χ2n) is 4.05. The van der Waals surface area contributed by atoms with Crippen molar-refractivity contribution in [1.29, 1.82) is 0 Å². The fourth-order valence-electron chi connectivity index (χ4n) is 1.55. The highest BCUT2D eigenvalue weighted by molar-refractivity contribution is 9.10. The minimum atomic E-state index is -0.851. The van der Waals surface area contributed by atoms with E-state index in [2.05, 4.69) is 26.2 Å². The van der Waals surface area contributed by atoms with E-state index in [0.29, 0.717) is 11.4 Å². The number of nitrogens with zero attached hydrogens (tertiary/aromatic N) is 1. The summed E-state index contributed by atoms with van der Waals surface area (Å²) < 4.78 is 27.3. The maximum atomic E-state index is 13.5. The Kier molecular flexibility index (Phi) is 4.29. The molecule has 0 saturated heterocycles. The number of hydrogen-bond donors (Lipinski definition) is 2. The summed E-state index contributed by atoms with van der Waals surface area (Å²) in [7, 11) is 0. The van der Waals surface area contributed by atoms with E-state index >= 15 is 0 Å². The molecule has 0 unspecified atom stereocenters. The van der Waals surface area contributed by atoms with Gasteiger partial charge < -0.3 is 11.1 Å². The van der Waals surface area contributed by atoms with Crippen LogP contribution in [0.15, 0.2) is 34.9 Å². The van der Waals surface area contributed by atoms with Crippen LogP contribution in [0.4, 0.5) is 20.2 Å². The molecule has 2 aromatic rings. The molecule has 0 saturated carbocycles. The van der Waals surface area contributed by atoms with E-state index in [0.717, 1.165) is 12.1 Å². The zero-order chi connectivity index (χ0) is 14.7. The number of benzene rings is 1. The molecule has 0 fully saturated rings. The average Bonchev–Trinajstić information content (AvgIpc) is 2.36. The Morgan fingerprint density at radius 3 is 2.50 bits per heavy atom. The molecule has 104 valence electrons. The molecule has 0 spiro atoms. The van der Waals surface area contributed by atoms with Gasteiger partial charge in [-0.05, 0) is 24.3 Å². The van der Waals surface area contributed by atoms with Crippen LogP contribution in [0.1, 0.15) is 5.69 Å². The van der Waals surface area contributed by atoms with E-state index in [1.165, 1.54) is 6.20 Å². The third-order valence-electron chi connectivity index (χ3n) is 2.46. The van der Waals surface area contributed by atoms with Gasteiger partial charge in [0.2, 0.25) is 5.91 Å². The highest BCUT2D eigenvalue weighted by Gasteiger charge is 2.14.